The third kappa shape index (κ3) is 5.17. The Morgan fingerprint density at radius 2 is 1.89 bits per heavy atom. The molecule has 19 heavy (non-hydrogen) atoms. The van der Waals surface area contributed by atoms with Gasteiger partial charge < -0.3 is 5.32 Å². The summed E-state index contributed by atoms with van der Waals surface area (Å²) in [6.45, 7) is 1.53. The second kappa shape index (κ2) is 5.89. The van der Waals surface area contributed by atoms with Gasteiger partial charge in [-0.1, -0.05) is 18.2 Å². The Bertz CT molecular complexity index is 529. The lowest BCUT2D eigenvalue weighted by atomic mass is 10.0. The number of nitrogens with one attached hydrogen (secondary N) is 1. The van der Waals surface area contributed by atoms with Gasteiger partial charge in [0.25, 0.3) is 0 Å². The van der Waals surface area contributed by atoms with Crippen LogP contribution in [0.25, 0.3) is 0 Å². The van der Waals surface area contributed by atoms with Gasteiger partial charge in [-0.3, -0.25) is 0 Å². The summed E-state index contributed by atoms with van der Waals surface area (Å²) in [6.07, 6.45) is -4.44. The van der Waals surface area contributed by atoms with Gasteiger partial charge in [0.1, 0.15) is 0 Å². The summed E-state index contributed by atoms with van der Waals surface area (Å²) in [5.74, 6) is -0.328. The Hall–Kier alpha value is -1.12. The molecule has 1 aromatic carbocycles. The minimum Gasteiger partial charge on any atom is -0.309 e. The van der Waals surface area contributed by atoms with Crippen LogP contribution in [0.1, 0.15) is 24.1 Å². The second-order valence-corrected chi connectivity index (χ2v) is 5.86. The van der Waals surface area contributed by atoms with Crippen LogP contribution in [-0.4, -0.2) is 20.7 Å². The number of alkyl halides is 3. The number of hydrogen-bond donors (Lipinski definition) is 2. The third-order valence-corrected chi connectivity index (χ3v) is 3.34. The predicted octanol–water partition coefficient (Wildman–Crippen LogP) is 1.64. The molecule has 0 saturated carbocycles. The van der Waals surface area contributed by atoms with E-state index >= 15 is 0 Å². The molecule has 0 spiro atoms. The Labute approximate surface area is 109 Å². The summed E-state index contributed by atoms with van der Waals surface area (Å²) < 4.78 is 59.8. The van der Waals surface area contributed by atoms with E-state index in [-0.39, 0.29) is 17.9 Å². The quantitative estimate of drug-likeness (QED) is 0.867. The highest BCUT2D eigenvalue weighted by Gasteiger charge is 2.33. The van der Waals surface area contributed by atoms with E-state index in [1.807, 2.05) is 0 Å². The van der Waals surface area contributed by atoms with Crippen LogP contribution in [0.2, 0.25) is 0 Å². The first-order valence-electron chi connectivity index (χ1n) is 5.51. The van der Waals surface area contributed by atoms with Crippen LogP contribution in [0.15, 0.2) is 24.3 Å². The number of primary sulfonamides is 1. The Morgan fingerprint density at radius 1 is 1.32 bits per heavy atom. The van der Waals surface area contributed by atoms with Gasteiger partial charge in [-0.05, 0) is 18.6 Å². The first-order valence-corrected chi connectivity index (χ1v) is 7.23. The highest BCUT2D eigenvalue weighted by molar-refractivity contribution is 7.89. The average molecular weight is 296 g/mol. The van der Waals surface area contributed by atoms with Crippen molar-refractivity contribution in [3.05, 3.63) is 35.4 Å². The van der Waals surface area contributed by atoms with Crippen molar-refractivity contribution in [3.8, 4) is 0 Å². The molecule has 0 heterocycles. The molecule has 0 radical (unpaired) electrons. The van der Waals surface area contributed by atoms with Crippen LogP contribution in [0.5, 0.6) is 0 Å². The monoisotopic (exact) mass is 296 g/mol. The maximum absolute atomic E-state index is 12.8. The lowest BCUT2D eigenvalue weighted by molar-refractivity contribution is -0.138. The van der Waals surface area contributed by atoms with Crippen molar-refractivity contribution in [1.82, 2.24) is 5.32 Å². The van der Waals surface area contributed by atoms with Gasteiger partial charge in [-0.15, -0.1) is 0 Å². The fraction of sp³-hybridized carbons (Fsp3) is 0.455. The molecule has 0 aliphatic rings. The second-order valence-electron chi connectivity index (χ2n) is 4.13. The van der Waals surface area contributed by atoms with Gasteiger partial charge in [-0.25, -0.2) is 13.6 Å². The van der Waals surface area contributed by atoms with E-state index in [4.69, 9.17) is 5.14 Å². The van der Waals surface area contributed by atoms with Crippen molar-refractivity contribution >= 4 is 10.0 Å². The van der Waals surface area contributed by atoms with Crippen molar-refractivity contribution in [2.45, 2.75) is 19.1 Å². The first kappa shape index (κ1) is 15.9. The fourth-order valence-corrected chi connectivity index (χ4v) is 2.06. The van der Waals surface area contributed by atoms with E-state index in [9.17, 15) is 21.6 Å². The molecule has 0 fully saturated rings. The summed E-state index contributed by atoms with van der Waals surface area (Å²) in [4.78, 5) is 0. The zero-order valence-corrected chi connectivity index (χ0v) is 11.1. The zero-order chi connectivity index (χ0) is 14.7. The van der Waals surface area contributed by atoms with E-state index in [2.05, 4.69) is 5.32 Å². The maximum Gasteiger partial charge on any atom is 0.416 e. The molecular formula is C11H15F3N2O2S. The van der Waals surface area contributed by atoms with Crippen molar-refractivity contribution in [2.75, 3.05) is 12.3 Å². The molecule has 1 atom stereocenters. The fourth-order valence-electron chi connectivity index (χ4n) is 1.66. The highest BCUT2D eigenvalue weighted by Crippen LogP contribution is 2.34. The Balaban J connectivity index is 2.80. The van der Waals surface area contributed by atoms with Crippen LogP contribution in [0.3, 0.4) is 0 Å². The first-order chi connectivity index (χ1) is 8.61. The van der Waals surface area contributed by atoms with Crippen molar-refractivity contribution < 1.29 is 21.6 Å². The number of rotatable bonds is 5. The molecule has 4 nitrogen and oxygen atoms in total. The van der Waals surface area contributed by atoms with Crippen LogP contribution in [0, 0.1) is 0 Å². The minimum atomic E-state index is -4.44. The van der Waals surface area contributed by atoms with Gasteiger partial charge in [0.05, 0.1) is 11.3 Å². The van der Waals surface area contributed by atoms with Crippen molar-refractivity contribution in [1.29, 1.82) is 0 Å². The molecule has 108 valence electrons. The molecule has 1 unspecified atom stereocenters. The van der Waals surface area contributed by atoms with E-state index in [0.717, 1.165) is 6.07 Å². The van der Waals surface area contributed by atoms with E-state index < -0.39 is 27.8 Å². The van der Waals surface area contributed by atoms with E-state index in [0.29, 0.717) is 0 Å². The van der Waals surface area contributed by atoms with E-state index in [1.54, 1.807) is 0 Å². The molecule has 0 aromatic heterocycles. The number of nitrogens with two attached hydrogens (primary N) is 1. The molecule has 8 heteroatoms. The van der Waals surface area contributed by atoms with Gasteiger partial charge in [0.2, 0.25) is 10.0 Å². The van der Waals surface area contributed by atoms with Gasteiger partial charge in [0, 0.05) is 12.6 Å². The molecule has 1 rings (SSSR count). The molecule has 0 amide bonds. The molecule has 1 aromatic rings. The number of halogens is 3. The SMILES string of the molecule is CC(NCCS(N)(=O)=O)c1ccccc1C(F)(F)F. The number of sulfonamides is 1. The smallest absolute Gasteiger partial charge is 0.309 e. The van der Waals surface area contributed by atoms with Gasteiger partial charge >= 0.3 is 6.18 Å². The van der Waals surface area contributed by atoms with E-state index in [1.165, 1.54) is 25.1 Å². The third-order valence-electron chi connectivity index (χ3n) is 2.57. The van der Waals surface area contributed by atoms with Gasteiger partial charge in [-0.2, -0.15) is 13.2 Å². The number of benzene rings is 1. The summed E-state index contributed by atoms with van der Waals surface area (Å²) in [6, 6.07) is 4.54. The summed E-state index contributed by atoms with van der Waals surface area (Å²) in [5, 5.41) is 7.52. The molecule has 3 N–H and O–H groups in total. The predicted molar refractivity (Wildman–Crippen MR) is 65.8 cm³/mol. The van der Waals surface area contributed by atoms with Crippen LogP contribution < -0.4 is 10.5 Å². The Kier molecular flexibility index (Phi) is 4.94. The standard InChI is InChI=1S/C11H15F3N2O2S/c1-8(16-6-7-19(15,17)18)9-4-2-3-5-10(9)11(12,13)14/h2-5,8,16H,6-7H2,1H3,(H2,15,17,18). The van der Waals surface area contributed by atoms with Crippen molar-refractivity contribution in [2.24, 2.45) is 5.14 Å². The van der Waals surface area contributed by atoms with Gasteiger partial charge in [0.15, 0.2) is 0 Å². The Morgan fingerprint density at radius 3 is 2.42 bits per heavy atom. The lowest BCUT2D eigenvalue weighted by Crippen LogP contribution is -2.29. The topological polar surface area (TPSA) is 72.2 Å². The lowest BCUT2D eigenvalue weighted by Gasteiger charge is -2.19. The van der Waals surface area contributed by atoms with Crippen LogP contribution in [-0.2, 0) is 16.2 Å². The summed E-state index contributed by atoms with van der Waals surface area (Å²) >= 11 is 0. The minimum absolute atomic E-state index is 0.00775. The molecular weight excluding hydrogens is 281 g/mol. The molecule has 0 bridgehead atoms. The highest BCUT2D eigenvalue weighted by atomic mass is 32.2. The van der Waals surface area contributed by atoms with Crippen LogP contribution >= 0.6 is 0 Å². The summed E-state index contributed by atoms with van der Waals surface area (Å²) in [7, 11) is -3.63. The normalized spacial score (nSPS) is 14.4. The average Bonchev–Trinajstić information content (AvgIpc) is 2.26. The maximum atomic E-state index is 12.8. The molecule has 0 aliphatic heterocycles. The largest absolute Gasteiger partial charge is 0.416 e. The van der Waals surface area contributed by atoms with Crippen LogP contribution in [0.4, 0.5) is 13.2 Å². The molecule has 0 aliphatic carbocycles. The number of hydrogen-bond acceptors (Lipinski definition) is 3. The zero-order valence-electron chi connectivity index (χ0n) is 10.2. The summed E-state index contributed by atoms with van der Waals surface area (Å²) in [5.41, 5.74) is -0.657. The molecule has 0 saturated heterocycles. The van der Waals surface area contributed by atoms with Crippen molar-refractivity contribution in [3.63, 3.8) is 0 Å².